The molecule has 1 aliphatic rings. The largest absolute Gasteiger partial charge is 0.356 e. The summed E-state index contributed by atoms with van der Waals surface area (Å²) in [5.41, 5.74) is 3.53. The van der Waals surface area contributed by atoms with E-state index in [1.165, 1.54) is 15.6 Å². The third kappa shape index (κ3) is 2.52. The summed E-state index contributed by atoms with van der Waals surface area (Å²) >= 11 is 0. The molecule has 6 heteroatoms. The maximum atomic E-state index is 13.1. The zero-order valence-electron chi connectivity index (χ0n) is 15.5. The van der Waals surface area contributed by atoms with Crippen molar-refractivity contribution in [2.24, 2.45) is 7.05 Å². The van der Waals surface area contributed by atoms with Crippen molar-refractivity contribution in [2.75, 3.05) is 0 Å². The molecular weight excluding hydrogens is 352 g/mol. The number of para-hydroxylation sites is 1. The van der Waals surface area contributed by atoms with Gasteiger partial charge in [-0.15, -0.1) is 0 Å². The Bertz CT molecular complexity index is 1280. The minimum absolute atomic E-state index is 0.0959. The molecule has 5 rings (SSSR count). The third-order valence-electron chi connectivity index (χ3n) is 5.59. The first-order valence-electron chi connectivity index (χ1n) is 9.50. The Labute approximate surface area is 161 Å². The lowest BCUT2D eigenvalue weighted by Gasteiger charge is -2.24. The van der Waals surface area contributed by atoms with Gasteiger partial charge >= 0.3 is 0 Å². The Morgan fingerprint density at radius 3 is 2.64 bits per heavy atom. The molecule has 140 valence electrons. The fraction of sp³-hybridized carbons (Fsp3) is 0.227. The van der Waals surface area contributed by atoms with Crippen LogP contribution in [-0.4, -0.2) is 20.7 Å². The van der Waals surface area contributed by atoms with Gasteiger partial charge in [0.15, 0.2) is 5.69 Å². The number of carbonyl (C=O) groups is 1. The molecular formula is C22H20N4O2. The highest BCUT2D eigenvalue weighted by molar-refractivity contribution is 6.05. The summed E-state index contributed by atoms with van der Waals surface area (Å²) in [6, 6.07) is 15.3. The number of fused-ring (bicyclic) bond motifs is 4. The van der Waals surface area contributed by atoms with Gasteiger partial charge in [0.1, 0.15) is 0 Å². The molecule has 0 fully saturated rings. The van der Waals surface area contributed by atoms with E-state index >= 15 is 0 Å². The summed E-state index contributed by atoms with van der Waals surface area (Å²) in [5, 5.41) is 9.69. The van der Waals surface area contributed by atoms with Gasteiger partial charge in [0.05, 0.1) is 11.4 Å². The summed E-state index contributed by atoms with van der Waals surface area (Å²) < 4.78 is 1.23. The van der Waals surface area contributed by atoms with Gasteiger partial charge in [0, 0.05) is 29.0 Å². The van der Waals surface area contributed by atoms with E-state index in [0.29, 0.717) is 10.8 Å². The van der Waals surface area contributed by atoms with Gasteiger partial charge in [0.25, 0.3) is 11.5 Å². The van der Waals surface area contributed by atoms with Crippen molar-refractivity contribution >= 4 is 27.6 Å². The number of hydrogen-bond acceptors (Lipinski definition) is 3. The first-order valence-corrected chi connectivity index (χ1v) is 9.50. The SMILES string of the molecule is Cn1nc(C(=O)N[C@H]2CCCc3c2[nH]c2ccccc32)c2ccccc2c1=O. The lowest BCUT2D eigenvalue weighted by molar-refractivity contribution is 0.0926. The van der Waals surface area contributed by atoms with Crippen molar-refractivity contribution in [1.29, 1.82) is 0 Å². The molecule has 1 amide bonds. The van der Waals surface area contributed by atoms with Crippen LogP contribution in [0.2, 0.25) is 0 Å². The zero-order chi connectivity index (χ0) is 19.3. The Balaban J connectivity index is 1.55. The van der Waals surface area contributed by atoms with Gasteiger partial charge in [-0.1, -0.05) is 36.4 Å². The number of carbonyl (C=O) groups excluding carboxylic acids is 1. The fourth-order valence-electron chi connectivity index (χ4n) is 4.25. The minimum Gasteiger partial charge on any atom is -0.356 e. The highest BCUT2D eigenvalue weighted by Crippen LogP contribution is 2.34. The van der Waals surface area contributed by atoms with Crippen molar-refractivity contribution < 1.29 is 4.79 Å². The predicted molar refractivity (Wildman–Crippen MR) is 108 cm³/mol. The monoisotopic (exact) mass is 372 g/mol. The molecule has 1 atom stereocenters. The summed E-state index contributed by atoms with van der Waals surface area (Å²) in [5.74, 6) is -0.261. The molecule has 0 spiro atoms. The highest BCUT2D eigenvalue weighted by Gasteiger charge is 2.27. The number of nitrogens with zero attached hydrogens (tertiary/aromatic N) is 2. The average Bonchev–Trinajstić information content (AvgIpc) is 3.10. The Morgan fingerprint density at radius 1 is 1.11 bits per heavy atom. The van der Waals surface area contributed by atoms with Gasteiger partial charge < -0.3 is 10.3 Å². The number of aromatic amines is 1. The van der Waals surface area contributed by atoms with Crippen LogP contribution in [0.5, 0.6) is 0 Å². The Kier molecular flexibility index (Phi) is 3.79. The quantitative estimate of drug-likeness (QED) is 0.567. The second-order valence-corrected chi connectivity index (χ2v) is 7.30. The highest BCUT2D eigenvalue weighted by atomic mass is 16.2. The van der Waals surface area contributed by atoms with Gasteiger partial charge in [-0.3, -0.25) is 9.59 Å². The summed E-state index contributed by atoms with van der Waals surface area (Å²) in [7, 11) is 1.57. The molecule has 0 unspecified atom stereocenters. The summed E-state index contributed by atoms with van der Waals surface area (Å²) in [4.78, 5) is 28.9. The molecule has 2 aromatic carbocycles. The lowest BCUT2D eigenvalue weighted by Crippen LogP contribution is -2.33. The number of amides is 1. The van der Waals surface area contributed by atoms with Crippen LogP contribution in [0.4, 0.5) is 0 Å². The predicted octanol–water partition coefficient (Wildman–Crippen LogP) is 3.22. The first-order chi connectivity index (χ1) is 13.6. The third-order valence-corrected chi connectivity index (χ3v) is 5.59. The van der Waals surface area contributed by atoms with Crippen molar-refractivity contribution in [3.05, 3.63) is 75.8 Å². The molecule has 6 nitrogen and oxygen atoms in total. The van der Waals surface area contributed by atoms with Crippen molar-refractivity contribution in [1.82, 2.24) is 20.1 Å². The van der Waals surface area contributed by atoms with Gasteiger partial charge in [-0.2, -0.15) is 5.10 Å². The number of benzene rings is 2. The number of aromatic nitrogens is 3. The van der Waals surface area contributed by atoms with E-state index in [1.807, 2.05) is 18.2 Å². The van der Waals surface area contributed by atoms with Gasteiger partial charge in [-0.25, -0.2) is 4.68 Å². The molecule has 1 aliphatic carbocycles. The second-order valence-electron chi connectivity index (χ2n) is 7.30. The molecule has 0 saturated heterocycles. The van der Waals surface area contributed by atoms with Crippen LogP contribution < -0.4 is 10.9 Å². The molecule has 2 aromatic heterocycles. The number of nitrogens with one attached hydrogen (secondary N) is 2. The Morgan fingerprint density at radius 2 is 1.82 bits per heavy atom. The van der Waals surface area contributed by atoms with E-state index in [2.05, 4.69) is 27.5 Å². The van der Waals surface area contributed by atoms with E-state index < -0.39 is 0 Å². The van der Waals surface area contributed by atoms with E-state index in [-0.39, 0.29) is 23.2 Å². The van der Waals surface area contributed by atoms with Crippen LogP contribution in [0.1, 0.15) is 40.6 Å². The molecule has 0 aliphatic heterocycles. The lowest BCUT2D eigenvalue weighted by atomic mass is 9.91. The molecule has 0 saturated carbocycles. The molecule has 2 N–H and O–H groups in total. The van der Waals surface area contributed by atoms with Crippen molar-refractivity contribution in [2.45, 2.75) is 25.3 Å². The first kappa shape index (κ1) is 16.7. The smallest absolute Gasteiger partial charge is 0.274 e. The summed E-state index contributed by atoms with van der Waals surface area (Å²) in [6.07, 6.45) is 2.89. The van der Waals surface area contributed by atoms with Crippen LogP contribution in [0, 0.1) is 0 Å². The number of hydrogen-bond donors (Lipinski definition) is 2. The van der Waals surface area contributed by atoms with E-state index in [1.54, 1.807) is 25.2 Å². The zero-order valence-corrected chi connectivity index (χ0v) is 15.5. The topological polar surface area (TPSA) is 79.8 Å². The Hall–Kier alpha value is -3.41. The molecule has 4 aromatic rings. The van der Waals surface area contributed by atoms with Crippen LogP contribution in [-0.2, 0) is 13.5 Å². The fourth-order valence-corrected chi connectivity index (χ4v) is 4.25. The van der Waals surface area contributed by atoms with E-state index in [9.17, 15) is 9.59 Å². The number of aryl methyl sites for hydroxylation is 2. The maximum Gasteiger partial charge on any atom is 0.274 e. The van der Waals surface area contributed by atoms with E-state index in [4.69, 9.17) is 0 Å². The molecule has 0 bridgehead atoms. The van der Waals surface area contributed by atoms with Crippen LogP contribution >= 0.6 is 0 Å². The maximum absolute atomic E-state index is 13.1. The summed E-state index contributed by atoms with van der Waals surface area (Å²) in [6.45, 7) is 0. The van der Waals surface area contributed by atoms with Gasteiger partial charge in [-0.05, 0) is 37.0 Å². The van der Waals surface area contributed by atoms with Gasteiger partial charge in [0.2, 0.25) is 0 Å². The average molecular weight is 372 g/mol. The minimum atomic E-state index is -0.261. The number of H-pyrrole nitrogens is 1. The molecule has 2 heterocycles. The van der Waals surface area contributed by atoms with Crippen molar-refractivity contribution in [3.63, 3.8) is 0 Å². The number of rotatable bonds is 2. The van der Waals surface area contributed by atoms with Crippen LogP contribution in [0.3, 0.4) is 0 Å². The van der Waals surface area contributed by atoms with Crippen molar-refractivity contribution in [3.8, 4) is 0 Å². The second kappa shape index (κ2) is 6.34. The van der Waals surface area contributed by atoms with E-state index in [0.717, 1.165) is 30.5 Å². The van der Waals surface area contributed by atoms with Crippen LogP contribution in [0.25, 0.3) is 21.7 Å². The molecule has 0 radical (unpaired) electrons. The standard InChI is InChI=1S/C22H20N4O2/c1-26-22(28)16-9-3-2-8-15(16)20(25-26)21(27)24-18-12-6-10-14-13-7-4-5-11-17(13)23-19(14)18/h2-5,7-9,11,18,23H,6,10,12H2,1H3,(H,24,27)/t18-/m0/s1. The molecule has 28 heavy (non-hydrogen) atoms. The van der Waals surface area contributed by atoms with Crippen LogP contribution in [0.15, 0.2) is 53.3 Å². The normalized spacial score (nSPS) is 16.2.